The molecule has 1 aliphatic heterocycles. The summed E-state index contributed by atoms with van der Waals surface area (Å²) in [5.74, 6) is -0.379. The van der Waals surface area contributed by atoms with Gasteiger partial charge in [0.25, 0.3) is 5.91 Å². The van der Waals surface area contributed by atoms with Gasteiger partial charge in [0.2, 0.25) is 5.43 Å². The first kappa shape index (κ1) is 14.4. The van der Waals surface area contributed by atoms with Crippen LogP contribution in [-0.4, -0.2) is 14.8 Å². The normalized spacial score (nSPS) is 12.8. The molecular formula is C19H13N3O2S. The number of fused-ring (bicyclic) bond motifs is 1. The molecule has 0 bridgehead atoms. The van der Waals surface area contributed by atoms with Crippen molar-refractivity contribution in [2.75, 3.05) is 5.32 Å². The minimum Gasteiger partial charge on any atom is -0.346 e. The molecule has 3 heterocycles. The third-order valence-electron chi connectivity index (χ3n) is 4.66. The molecule has 5 rings (SSSR count). The number of pyridine rings is 1. The summed E-state index contributed by atoms with van der Waals surface area (Å²) < 4.78 is 7.20. The number of hydrogen-bond acceptors (Lipinski definition) is 4. The molecule has 2 aromatic carbocycles. The van der Waals surface area contributed by atoms with E-state index < -0.39 is 0 Å². The van der Waals surface area contributed by atoms with Gasteiger partial charge in [0.1, 0.15) is 5.56 Å². The highest BCUT2D eigenvalue weighted by Crippen LogP contribution is 2.25. The molecule has 0 saturated carbocycles. The summed E-state index contributed by atoms with van der Waals surface area (Å²) in [7, 11) is 0. The van der Waals surface area contributed by atoms with Crippen molar-refractivity contribution in [2.24, 2.45) is 0 Å². The number of nitrogens with zero attached hydrogens (tertiary/aromatic N) is 2. The molecule has 2 aromatic heterocycles. The molecule has 0 atom stereocenters. The van der Waals surface area contributed by atoms with Crippen molar-refractivity contribution in [3.05, 3.63) is 70.1 Å². The van der Waals surface area contributed by atoms with Gasteiger partial charge in [-0.25, -0.2) is 0 Å². The molecule has 0 unspecified atom stereocenters. The van der Waals surface area contributed by atoms with Crippen molar-refractivity contribution in [1.29, 1.82) is 0 Å². The number of anilines is 1. The number of carbonyl (C=O) groups excluding carboxylic acids is 1. The first-order chi connectivity index (χ1) is 12.2. The Morgan fingerprint density at radius 2 is 2.16 bits per heavy atom. The minimum absolute atomic E-state index is 0.176. The number of aromatic nitrogens is 2. The maximum absolute atomic E-state index is 12.8. The summed E-state index contributed by atoms with van der Waals surface area (Å²) in [5, 5.41) is 4.42. The van der Waals surface area contributed by atoms with E-state index >= 15 is 0 Å². The highest BCUT2D eigenvalue weighted by Gasteiger charge is 2.20. The lowest BCUT2D eigenvalue weighted by Gasteiger charge is -2.09. The monoisotopic (exact) mass is 347 g/mol. The van der Waals surface area contributed by atoms with Crippen LogP contribution in [0.15, 0.2) is 53.6 Å². The third kappa shape index (κ3) is 2.18. The van der Waals surface area contributed by atoms with Crippen LogP contribution in [0.5, 0.6) is 0 Å². The van der Waals surface area contributed by atoms with E-state index in [4.69, 9.17) is 0 Å². The quantitative estimate of drug-likeness (QED) is 0.604. The fourth-order valence-corrected chi connectivity index (χ4v) is 4.09. The van der Waals surface area contributed by atoms with Gasteiger partial charge in [-0.05, 0) is 47.8 Å². The molecule has 1 aliphatic rings. The second kappa shape index (κ2) is 5.26. The van der Waals surface area contributed by atoms with Crippen LogP contribution < -0.4 is 10.7 Å². The maximum atomic E-state index is 12.8. The average molecular weight is 347 g/mol. The zero-order chi connectivity index (χ0) is 17.0. The zero-order valence-electron chi connectivity index (χ0n) is 13.2. The van der Waals surface area contributed by atoms with E-state index in [-0.39, 0.29) is 16.9 Å². The molecule has 1 N–H and O–H groups in total. The van der Waals surface area contributed by atoms with Crippen LogP contribution in [0, 0.1) is 0 Å². The molecule has 6 heteroatoms. The van der Waals surface area contributed by atoms with Crippen LogP contribution in [-0.2, 0) is 13.0 Å². The van der Waals surface area contributed by atoms with Gasteiger partial charge in [-0.15, -0.1) is 0 Å². The van der Waals surface area contributed by atoms with Gasteiger partial charge >= 0.3 is 0 Å². The summed E-state index contributed by atoms with van der Waals surface area (Å²) in [6.07, 6.45) is 4.34. The smallest absolute Gasteiger partial charge is 0.261 e. The van der Waals surface area contributed by atoms with Crippen molar-refractivity contribution >= 4 is 44.1 Å². The maximum Gasteiger partial charge on any atom is 0.261 e. The molecular weight excluding hydrogens is 334 g/mol. The van der Waals surface area contributed by atoms with E-state index in [0.717, 1.165) is 34.1 Å². The Bertz CT molecular complexity index is 1220. The molecule has 0 spiro atoms. The van der Waals surface area contributed by atoms with Crippen LogP contribution in [0.25, 0.3) is 21.0 Å². The second-order valence-corrected chi connectivity index (χ2v) is 6.99. The number of carbonyl (C=O) groups is 1. The van der Waals surface area contributed by atoms with Gasteiger partial charge in [-0.2, -0.15) is 4.37 Å². The third-order valence-corrected chi connectivity index (χ3v) is 5.44. The number of nitrogens with one attached hydrogen (secondary N) is 1. The molecule has 122 valence electrons. The van der Waals surface area contributed by atoms with Gasteiger partial charge < -0.3 is 9.88 Å². The van der Waals surface area contributed by atoms with Crippen LogP contribution in [0.1, 0.15) is 15.9 Å². The van der Waals surface area contributed by atoms with Crippen LogP contribution in [0.2, 0.25) is 0 Å². The van der Waals surface area contributed by atoms with E-state index in [9.17, 15) is 9.59 Å². The van der Waals surface area contributed by atoms with Gasteiger partial charge in [0.05, 0.1) is 10.2 Å². The number of para-hydroxylation sites is 1. The largest absolute Gasteiger partial charge is 0.346 e. The number of aryl methyl sites for hydroxylation is 2. The predicted octanol–water partition coefficient (Wildman–Crippen LogP) is 3.42. The van der Waals surface area contributed by atoms with Gasteiger partial charge in [-0.3, -0.25) is 9.59 Å². The fourth-order valence-electron chi connectivity index (χ4n) is 3.47. The van der Waals surface area contributed by atoms with Crippen molar-refractivity contribution in [3.63, 3.8) is 0 Å². The topological polar surface area (TPSA) is 64.0 Å². The molecule has 1 amide bonds. The van der Waals surface area contributed by atoms with Crippen molar-refractivity contribution in [1.82, 2.24) is 8.94 Å². The first-order valence-electron chi connectivity index (χ1n) is 8.01. The Hall–Kier alpha value is -2.99. The van der Waals surface area contributed by atoms with E-state index in [1.807, 2.05) is 34.9 Å². The fraction of sp³-hybridized carbons (Fsp3) is 0.105. The Morgan fingerprint density at radius 1 is 1.24 bits per heavy atom. The Morgan fingerprint density at radius 3 is 3.08 bits per heavy atom. The number of hydrogen-bond donors (Lipinski definition) is 1. The van der Waals surface area contributed by atoms with Crippen molar-refractivity contribution < 1.29 is 4.79 Å². The summed E-state index contributed by atoms with van der Waals surface area (Å²) >= 11 is 1.41. The highest BCUT2D eigenvalue weighted by atomic mass is 32.1. The Labute approximate surface area is 146 Å². The number of rotatable bonds is 2. The summed E-state index contributed by atoms with van der Waals surface area (Å²) in [4.78, 5) is 25.5. The molecule has 0 aliphatic carbocycles. The average Bonchev–Trinajstić information content (AvgIpc) is 3.25. The lowest BCUT2D eigenvalue weighted by Crippen LogP contribution is -2.23. The lowest BCUT2D eigenvalue weighted by molar-refractivity contribution is 0.102. The predicted molar refractivity (Wildman–Crippen MR) is 99.5 cm³/mol. The Balaban J connectivity index is 1.58. The summed E-state index contributed by atoms with van der Waals surface area (Å²) in [5.41, 5.74) is 2.74. The molecule has 0 radical (unpaired) electrons. The number of amides is 1. The molecule has 0 saturated heterocycles. The standard InChI is InChI=1S/C19H13N3O2S/c23-18-14-3-1-2-11-6-7-22(17(11)14)10-15(18)19(24)21-13-4-5-16-12(8-13)9-20-25-16/h1-5,8-10H,6-7H2,(H,21,24). The SMILES string of the molecule is O=C(Nc1ccc2sncc2c1)c1cn2c3c(cccc3c1=O)CC2. The summed E-state index contributed by atoms with van der Waals surface area (Å²) in [6.45, 7) is 0.795. The first-order valence-corrected chi connectivity index (χ1v) is 8.79. The van der Waals surface area contributed by atoms with E-state index in [2.05, 4.69) is 9.69 Å². The van der Waals surface area contributed by atoms with E-state index in [0.29, 0.717) is 11.1 Å². The van der Waals surface area contributed by atoms with Crippen molar-refractivity contribution in [3.8, 4) is 0 Å². The summed E-state index contributed by atoms with van der Waals surface area (Å²) in [6, 6.07) is 11.3. The van der Waals surface area contributed by atoms with Gasteiger partial charge in [0.15, 0.2) is 0 Å². The highest BCUT2D eigenvalue weighted by molar-refractivity contribution is 7.13. The second-order valence-electron chi connectivity index (χ2n) is 6.16. The molecule has 5 nitrogen and oxygen atoms in total. The molecule has 0 fully saturated rings. The zero-order valence-corrected chi connectivity index (χ0v) is 14.0. The van der Waals surface area contributed by atoms with E-state index in [1.165, 1.54) is 11.5 Å². The van der Waals surface area contributed by atoms with Crippen LogP contribution in [0.4, 0.5) is 5.69 Å². The molecule has 4 aromatic rings. The molecule has 25 heavy (non-hydrogen) atoms. The number of benzene rings is 2. The van der Waals surface area contributed by atoms with Crippen molar-refractivity contribution in [2.45, 2.75) is 13.0 Å². The minimum atomic E-state index is -0.379. The van der Waals surface area contributed by atoms with Crippen LogP contribution in [0.3, 0.4) is 0 Å². The van der Waals surface area contributed by atoms with Gasteiger partial charge in [-0.1, -0.05) is 12.1 Å². The van der Waals surface area contributed by atoms with E-state index in [1.54, 1.807) is 18.5 Å². The lowest BCUT2D eigenvalue weighted by atomic mass is 10.1. The van der Waals surface area contributed by atoms with Crippen LogP contribution >= 0.6 is 11.5 Å². The van der Waals surface area contributed by atoms with Gasteiger partial charge in [0, 0.05) is 35.4 Å². The Kier molecular flexibility index (Phi) is 3.02.